The zero-order valence-electron chi connectivity index (χ0n) is 14.2. The molecular formula is C19H16N6O. The van der Waals surface area contributed by atoms with Crippen LogP contribution in [0.2, 0.25) is 0 Å². The average Bonchev–Trinajstić information content (AvgIpc) is 3.41. The molecule has 1 aliphatic carbocycles. The Morgan fingerprint density at radius 1 is 1.15 bits per heavy atom. The molecule has 1 aromatic carbocycles. The van der Waals surface area contributed by atoms with Gasteiger partial charge >= 0.3 is 0 Å². The normalized spacial score (nSPS) is 14.0. The van der Waals surface area contributed by atoms with Crippen LogP contribution >= 0.6 is 0 Å². The molecule has 128 valence electrons. The van der Waals surface area contributed by atoms with Crippen molar-refractivity contribution >= 4 is 33.7 Å². The topological polar surface area (TPSA) is 85.6 Å². The Morgan fingerprint density at radius 2 is 2.04 bits per heavy atom. The van der Waals surface area contributed by atoms with Crippen LogP contribution in [0.3, 0.4) is 0 Å². The maximum Gasteiger partial charge on any atom is 0.257 e. The number of hydrogen-bond donors (Lipinski definition) is 1. The molecular weight excluding hydrogens is 328 g/mol. The number of hydrogen-bond acceptors (Lipinski definition) is 5. The lowest BCUT2D eigenvalue weighted by Gasteiger charge is -2.08. The second-order valence-corrected chi connectivity index (χ2v) is 6.63. The summed E-state index contributed by atoms with van der Waals surface area (Å²) in [4.78, 5) is 21.6. The highest BCUT2D eigenvalue weighted by Gasteiger charge is 2.25. The van der Waals surface area contributed by atoms with E-state index in [0.29, 0.717) is 17.3 Å². The number of carbonyl (C=O) groups excluding carboxylic acids is 1. The number of imidazole rings is 1. The first-order valence-electron chi connectivity index (χ1n) is 8.56. The van der Waals surface area contributed by atoms with Gasteiger partial charge in [0.15, 0.2) is 5.65 Å². The molecule has 1 amide bonds. The summed E-state index contributed by atoms with van der Waals surface area (Å²) >= 11 is 0. The van der Waals surface area contributed by atoms with Gasteiger partial charge in [-0.05, 0) is 44.0 Å². The Balaban J connectivity index is 1.49. The fourth-order valence-corrected chi connectivity index (χ4v) is 3.13. The van der Waals surface area contributed by atoms with Crippen molar-refractivity contribution in [3.8, 4) is 0 Å². The van der Waals surface area contributed by atoms with Crippen LogP contribution < -0.4 is 5.32 Å². The highest BCUT2D eigenvalue weighted by Crippen LogP contribution is 2.36. The van der Waals surface area contributed by atoms with E-state index in [4.69, 9.17) is 0 Å². The number of aryl methyl sites for hydroxylation is 1. The average molecular weight is 344 g/mol. The van der Waals surface area contributed by atoms with Crippen molar-refractivity contribution in [3.63, 3.8) is 0 Å². The quantitative estimate of drug-likeness (QED) is 0.616. The van der Waals surface area contributed by atoms with Gasteiger partial charge in [-0.1, -0.05) is 6.07 Å². The maximum atomic E-state index is 12.7. The zero-order chi connectivity index (χ0) is 17.7. The number of nitrogens with zero attached hydrogens (tertiary/aromatic N) is 5. The Hall–Kier alpha value is -3.35. The standard InChI is InChI=1S/C19H16N6O/c1-11-7-14-15(3-2-4-16(14)24-23-11)22-19(26)12-8-17-18(20-9-12)25(10-21-17)13-5-6-13/h2-4,7-10,13H,5-6H2,1H3,(H,22,26). The molecule has 3 aromatic heterocycles. The third-order valence-electron chi connectivity index (χ3n) is 4.62. The summed E-state index contributed by atoms with van der Waals surface area (Å²) in [6, 6.07) is 9.78. The molecule has 0 bridgehead atoms. The van der Waals surface area contributed by atoms with Crippen LogP contribution in [0.1, 0.15) is 34.9 Å². The van der Waals surface area contributed by atoms with Gasteiger partial charge in [0.1, 0.15) is 5.52 Å². The van der Waals surface area contributed by atoms with Crippen LogP contribution in [0.25, 0.3) is 22.1 Å². The molecule has 1 saturated carbocycles. The van der Waals surface area contributed by atoms with Crippen molar-refractivity contribution in [2.24, 2.45) is 0 Å². The van der Waals surface area contributed by atoms with Gasteiger partial charge in [0.25, 0.3) is 5.91 Å². The third kappa shape index (κ3) is 2.48. The molecule has 0 radical (unpaired) electrons. The largest absolute Gasteiger partial charge is 0.321 e. The third-order valence-corrected chi connectivity index (χ3v) is 4.62. The lowest BCUT2D eigenvalue weighted by molar-refractivity contribution is 0.102. The van der Waals surface area contributed by atoms with Crippen LogP contribution in [-0.2, 0) is 0 Å². The van der Waals surface area contributed by atoms with Crippen molar-refractivity contribution in [2.75, 3.05) is 5.32 Å². The van der Waals surface area contributed by atoms with E-state index in [-0.39, 0.29) is 5.91 Å². The second-order valence-electron chi connectivity index (χ2n) is 6.63. The summed E-state index contributed by atoms with van der Waals surface area (Å²) in [6.45, 7) is 1.87. The van der Waals surface area contributed by atoms with Crippen molar-refractivity contribution in [1.29, 1.82) is 0 Å². The second kappa shape index (κ2) is 5.59. The number of carbonyl (C=O) groups is 1. The Morgan fingerprint density at radius 3 is 2.88 bits per heavy atom. The van der Waals surface area contributed by atoms with E-state index >= 15 is 0 Å². The number of benzene rings is 1. The number of anilines is 1. The molecule has 0 aliphatic heterocycles. The summed E-state index contributed by atoms with van der Waals surface area (Å²) in [5, 5.41) is 12.0. The molecule has 1 aliphatic rings. The number of nitrogens with one attached hydrogen (secondary N) is 1. The Kier molecular flexibility index (Phi) is 3.21. The van der Waals surface area contributed by atoms with Crippen molar-refractivity contribution < 1.29 is 4.79 Å². The zero-order valence-corrected chi connectivity index (χ0v) is 14.2. The maximum absolute atomic E-state index is 12.7. The minimum absolute atomic E-state index is 0.220. The van der Waals surface area contributed by atoms with Gasteiger partial charge in [-0.2, -0.15) is 10.2 Å². The molecule has 5 rings (SSSR count). The van der Waals surface area contributed by atoms with E-state index in [1.54, 1.807) is 12.3 Å². The smallest absolute Gasteiger partial charge is 0.257 e. The number of rotatable bonds is 3. The molecule has 0 saturated heterocycles. The molecule has 0 atom stereocenters. The molecule has 0 unspecified atom stereocenters. The van der Waals surface area contributed by atoms with Crippen LogP contribution in [0.4, 0.5) is 5.69 Å². The minimum atomic E-state index is -0.220. The molecule has 26 heavy (non-hydrogen) atoms. The summed E-state index contributed by atoms with van der Waals surface area (Å²) in [6.07, 6.45) is 5.75. The molecule has 1 fully saturated rings. The number of amides is 1. The lowest BCUT2D eigenvalue weighted by atomic mass is 10.1. The van der Waals surface area contributed by atoms with Crippen LogP contribution in [0, 0.1) is 6.92 Å². The summed E-state index contributed by atoms with van der Waals surface area (Å²) in [7, 11) is 0. The van der Waals surface area contributed by atoms with Gasteiger partial charge in [0.2, 0.25) is 0 Å². The van der Waals surface area contributed by atoms with Gasteiger partial charge in [-0.15, -0.1) is 0 Å². The molecule has 4 aromatic rings. The van der Waals surface area contributed by atoms with Crippen molar-refractivity contribution in [3.05, 3.63) is 54.1 Å². The fourth-order valence-electron chi connectivity index (χ4n) is 3.13. The summed E-state index contributed by atoms with van der Waals surface area (Å²) in [5.41, 5.74) is 4.30. The first kappa shape index (κ1) is 14.9. The minimum Gasteiger partial charge on any atom is -0.321 e. The van der Waals surface area contributed by atoms with Crippen molar-refractivity contribution in [1.82, 2.24) is 24.7 Å². The van der Waals surface area contributed by atoms with Gasteiger partial charge in [-0.3, -0.25) is 4.79 Å². The van der Waals surface area contributed by atoms with E-state index in [2.05, 4.69) is 30.0 Å². The molecule has 0 spiro atoms. The Bertz CT molecular complexity index is 1160. The summed E-state index contributed by atoms with van der Waals surface area (Å²) in [5.74, 6) is -0.220. The first-order chi connectivity index (χ1) is 12.7. The SMILES string of the molecule is Cc1cc2c(NC(=O)c3cnc4c(c3)ncn4C3CC3)cccc2nn1. The van der Waals surface area contributed by atoms with E-state index in [1.807, 2.05) is 37.5 Å². The monoisotopic (exact) mass is 344 g/mol. The van der Waals surface area contributed by atoms with E-state index in [9.17, 15) is 4.79 Å². The van der Waals surface area contributed by atoms with Gasteiger partial charge in [0.05, 0.1) is 28.8 Å². The highest BCUT2D eigenvalue weighted by molar-refractivity contribution is 6.09. The van der Waals surface area contributed by atoms with E-state index in [0.717, 1.165) is 27.8 Å². The summed E-state index contributed by atoms with van der Waals surface area (Å²) < 4.78 is 2.09. The first-order valence-corrected chi connectivity index (χ1v) is 8.56. The Labute approximate surface area is 149 Å². The van der Waals surface area contributed by atoms with Crippen LogP contribution in [-0.4, -0.2) is 30.6 Å². The number of aromatic nitrogens is 5. The van der Waals surface area contributed by atoms with Crippen LogP contribution in [0.15, 0.2) is 42.9 Å². The predicted molar refractivity (Wildman–Crippen MR) is 98.0 cm³/mol. The number of fused-ring (bicyclic) bond motifs is 2. The molecule has 7 heteroatoms. The molecule has 1 N–H and O–H groups in total. The van der Waals surface area contributed by atoms with Gasteiger partial charge < -0.3 is 9.88 Å². The van der Waals surface area contributed by atoms with Gasteiger partial charge in [0, 0.05) is 17.6 Å². The van der Waals surface area contributed by atoms with E-state index < -0.39 is 0 Å². The van der Waals surface area contributed by atoms with Gasteiger partial charge in [-0.25, -0.2) is 9.97 Å². The number of pyridine rings is 1. The fraction of sp³-hybridized carbons (Fsp3) is 0.211. The molecule has 7 nitrogen and oxygen atoms in total. The lowest BCUT2D eigenvalue weighted by Crippen LogP contribution is -2.13. The van der Waals surface area contributed by atoms with E-state index in [1.165, 1.54) is 12.8 Å². The van der Waals surface area contributed by atoms with Crippen molar-refractivity contribution in [2.45, 2.75) is 25.8 Å². The van der Waals surface area contributed by atoms with Crippen LogP contribution in [0.5, 0.6) is 0 Å². The molecule has 3 heterocycles. The highest BCUT2D eigenvalue weighted by atomic mass is 16.1. The predicted octanol–water partition coefficient (Wildman–Crippen LogP) is 3.27.